The Bertz CT molecular complexity index is 459. The number of piperidine rings is 1. The normalized spacial score (nSPS) is 18.3. The highest BCUT2D eigenvalue weighted by Crippen LogP contribution is 2.29. The summed E-state index contributed by atoms with van der Waals surface area (Å²) >= 11 is 0. The van der Waals surface area contributed by atoms with Crippen LogP contribution in [0.15, 0.2) is 18.2 Å². The largest absolute Gasteiger partial charge is 0.504 e. The highest BCUT2D eigenvalue weighted by atomic mass is 16.5. The van der Waals surface area contributed by atoms with Crippen LogP contribution in [0.2, 0.25) is 0 Å². The van der Waals surface area contributed by atoms with Crippen LogP contribution < -0.4 is 10.1 Å². The molecule has 22 heavy (non-hydrogen) atoms. The number of rotatable bonds is 7. The van der Waals surface area contributed by atoms with Crippen LogP contribution in [-0.2, 0) is 6.54 Å². The van der Waals surface area contributed by atoms with Crippen LogP contribution in [0.1, 0.15) is 25.3 Å². The van der Waals surface area contributed by atoms with Crippen molar-refractivity contribution in [3.05, 3.63) is 23.8 Å². The molecule has 5 heteroatoms. The summed E-state index contributed by atoms with van der Waals surface area (Å²) in [6, 6.07) is 5.43. The molecule has 1 aromatic carbocycles. The first-order valence-corrected chi connectivity index (χ1v) is 8.06. The van der Waals surface area contributed by atoms with Crippen molar-refractivity contribution in [1.29, 1.82) is 0 Å². The maximum Gasteiger partial charge on any atom is 0.162 e. The van der Waals surface area contributed by atoms with E-state index in [0.29, 0.717) is 25.4 Å². The second-order valence-corrected chi connectivity index (χ2v) is 6.24. The molecule has 0 spiro atoms. The van der Waals surface area contributed by atoms with Gasteiger partial charge in [0.05, 0.1) is 13.2 Å². The summed E-state index contributed by atoms with van der Waals surface area (Å²) in [5.74, 6) is 1.45. The van der Waals surface area contributed by atoms with Crippen molar-refractivity contribution in [1.82, 2.24) is 10.2 Å². The first-order chi connectivity index (χ1) is 10.6. The van der Waals surface area contributed by atoms with E-state index in [0.717, 1.165) is 24.6 Å². The van der Waals surface area contributed by atoms with E-state index < -0.39 is 0 Å². The third-order valence-corrected chi connectivity index (χ3v) is 4.34. The first kappa shape index (κ1) is 17.1. The van der Waals surface area contributed by atoms with E-state index in [1.54, 1.807) is 6.07 Å². The van der Waals surface area contributed by atoms with Gasteiger partial charge in [-0.2, -0.15) is 0 Å². The van der Waals surface area contributed by atoms with Crippen LogP contribution in [0.25, 0.3) is 0 Å². The predicted molar refractivity (Wildman–Crippen MR) is 87.2 cm³/mol. The third-order valence-electron chi connectivity index (χ3n) is 4.34. The van der Waals surface area contributed by atoms with Crippen LogP contribution in [0, 0.1) is 5.92 Å². The lowest BCUT2D eigenvalue weighted by Crippen LogP contribution is -2.41. The molecule has 0 saturated carbocycles. The van der Waals surface area contributed by atoms with E-state index in [-0.39, 0.29) is 11.9 Å². The molecule has 1 aliphatic heterocycles. The second-order valence-electron chi connectivity index (χ2n) is 6.24. The number of methoxy groups -OCH3 is 1. The number of hydrogen-bond donors (Lipinski definition) is 3. The summed E-state index contributed by atoms with van der Waals surface area (Å²) in [7, 11) is 1.54. The minimum atomic E-state index is -0.388. The lowest BCUT2D eigenvalue weighted by Gasteiger charge is -2.31. The minimum Gasteiger partial charge on any atom is -0.504 e. The van der Waals surface area contributed by atoms with Crippen LogP contribution in [0.5, 0.6) is 11.5 Å². The zero-order chi connectivity index (χ0) is 15.9. The predicted octanol–water partition coefficient (Wildman–Crippen LogP) is 1.58. The molecule has 1 aromatic rings. The molecule has 1 saturated heterocycles. The van der Waals surface area contributed by atoms with Gasteiger partial charge in [-0.15, -0.1) is 0 Å². The fourth-order valence-corrected chi connectivity index (χ4v) is 2.86. The quantitative estimate of drug-likeness (QED) is 0.714. The van der Waals surface area contributed by atoms with Gasteiger partial charge in [-0.1, -0.05) is 19.1 Å². The summed E-state index contributed by atoms with van der Waals surface area (Å²) in [6.07, 6.45) is 2.05. The number of likely N-dealkylation sites (tertiary alicyclic amines) is 1. The molecule has 0 aliphatic carbocycles. The van der Waals surface area contributed by atoms with Crippen molar-refractivity contribution >= 4 is 0 Å². The molecule has 2 rings (SSSR count). The lowest BCUT2D eigenvalue weighted by molar-refractivity contribution is 0.0906. The number of aliphatic hydroxyl groups excluding tert-OH is 1. The summed E-state index contributed by atoms with van der Waals surface area (Å²) in [6.45, 7) is 6.18. The van der Waals surface area contributed by atoms with Gasteiger partial charge in [-0.25, -0.2) is 0 Å². The topological polar surface area (TPSA) is 65.0 Å². The van der Waals surface area contributed by atoms with E-state index in [4.69, 9.17) is 4.74 Å². The number of hydrogen-bond acceptors (Lipinski definition) is 5. The number of ether oxygens (including phenoxy) is 1. The standard InChI is InChI=1S/C17H28N2O3/c1-13-6-8-19(9-7-13)12-15(20)11-18-10-14-4-3-5-16(22-2)17(14)21/h3-5,13,15,18,20-21H,6-12H2,1-2H3. The highest BCUT2D eigenvalue weighted by Gasteiger charge is 2.18. The monoisotopic (exact) mass is 308 g/mol. The molecule has 1 fully saturated rings. The maximum absolute atomic E-state index is 10.1. The summed E-state index contributed by atoms with van der Waals surface area (Å²) in [5, 5.41) is 23.3. The molecule has 5 nitrogen and oxygen atoms in total. The number of nitrogens with one attached hydrogen (secondary N) is 1. The van der Waals surface area contributed by atoms with Crippen molar-refractivity contribution in [2.45, 2.75) is 32.4 Å². The van der Waals surface area contributed by atoms with Crippen LogP contribution in [0.3, 0.4) is 0 Å². The van der Waals surface area contributed by atoms with Gasteiger partial charge >= 0.3 is 0 Å². The van der Waals surface area contributed by atoms with E-state index >= 15 is 0 Å². The van der Waals surface area contributed by atoms with Crippen molar-refractivity contribution in [3.63, 3.8) is 0 Å². The van der Waals surface area contributed by atoms with Gasteiger partial charge in [0.15, 0.2) is 11.5 Å². The Labute approximate surface area is 132 Å². The summed E-state index contributed by atoms with van der Waals surface area (Å²) in [5.41, 5.74) is 0.776. The number of para-hydroxylation sites is 1. The Morgan fingerprint density at radius 2 is 2.09 bits per heavy atom. The smallest absolute Gasteiger partial charge is 0.162 e. The number of phenols is 1. The average Bonchev–Trinajstić information content (AvgIpc) is 2.51. The van der Waals surface area contributed by atoms with E-state index in [9.17, 15) is 10.2 Å². The van der Waals surface area contributed by atoms with Crippen molar-refractivity contribution in [2.24, 2.45) is 5.92 Å². The van der Waals surface area contributed by atoms with E-state index in [1.807, 2.05) is 12.1 Å². The first-order valence-electron chi connectivity index (χ1n) is 8.06. The molecule has 1 aliphatic rings. The Hall–Kier alpha value is -1.30. The van der Waals surface area contributed by atoms with Gasteiger partial charge in [0.2, 0.25) is 0 Å². The minimum absolute atomic E-state index is 0.164. The third kappa shape index (κ3) is 4.87. The van der Waals surface area contributed by atoms with Gasteiger partial charge in [0.25, 0.3) is 0 Å². The van der Waals surface area contributed by atoms with Gasteiger partial charge in [-0.3, -0.25) is 0 Å². The molecule has 0 aromatic heterocycles. The van der Waals surface area contributed by atoms with Gasteiger partial charge in [-0.05, 0) is 37.9 Å². The molecule has 124 valence electrons. The number of aliphatic hydroxyl groups is 1. The second kappa shape index (κ2) is 8.36. The number of aromatic hydroxyl groups is 1. The zero-order valence-corrected chi connectivity index (χ0v) is 13.6. The Morgan fingerprint density at radius 1 is 1.36 bits per heavy atom. The van der Waals surface area contributed by atoms with Crippen molar-refractivity contribution in [2.75, 3.05) is 33.3 Å². The number of benzene rings is 1. The van der Waals surface area contributed by atoms with Crippen LogP contribution in [0.4, 0.5) is 0 Å². The fourth-order valence-electron chi connectivity index (χ4n) is 2.86. The molecular weight excluding hydrogens is 280 g/mol. The van der Waals surface area contributed by atoms with Gasteiger partial charge in [0, 0.05) is 25.2 Å². The number of nitrogens with zero attached hydrogens (tertiary/aromatic N) is 1. The van der Waals surface area contributed by atoms with Gasteiger partial charge < -0.3 is 25.2 Å². The Balaban J connectivity index is 1.72. The zero-order valence-electron chi connectivity index (χ0n) is 13.6. The van der Waals surface area contributed by atoms with Crippen molar-refractivity contribution in [3.8, 4) is 11.5 Å². The number of β-amino-alcohol motifs (C(OH)–C–C–N with tert-alkyl or cyclic N) is 1. The molecule has 0 radical (unpaired) electrons. The molecule has 3 N–H and O–H groups in total. The molecule has 0 amide bonds. The molecule has 1 atom stereocenters. The highest BCUT2D eigenvalue weighted by molar-refractivity contribution is 5.45. The average molecular weight is 308 g/mol. The molecular formula is C17H28N2O3. The molecule has 1 heterocycles. The number of phenolic OH excluding ortho intramolecular Hbond substituents is 1. The molecule has 0 bridgehead atoms. The lowest BCUT2D eigenvalue weighted by atomic mass is 9.99. The van der Waals surface area contributed by atoms with Gasteiger partial charge in [0.1, 0.15) is 0 Å². The van der Waals surface area contributed by atoms with E-state index in [2.05, 4.69) is 17.1 Å². The maximum atomic E-state index is 10.1. The molecule has 1 unspecified atom stereocenters. The summed E-state index contributed by atoms with van der Waals surface area (Å²) in [4.78, 5) is 2.33. The Morgan fingerprint density at radius 3 is 2.77 bits per heavy atom. The van der Waals surface area contributed by atoms with Crippen molar-refractivity contribution < 1.29 is 14.9 Å². The van der Waals surface area contributed by atoms with Crippen LogP contribution in [-0.4, -0.2) is 54.5 Å². The SMILES string of the molecule is COc1cccc(CNCC(O)CN2CCC(C)CC2)c1O. The van der Waals surface area contributed by atoms with E-state index in [1.165, 1.54) is 20.0 Å². The summed E-state index contributed by atoms with van der Waals surface area (Å²) < 4.78 is 5.09. The van der Waals surface area contributed by atoms with Crippen LogP contribution >= 0.6 is 0 Å². The Kier molecular flexibility index (Phi) is 6.49. The fraction of sp³-hybridized carbons (Fsp3) is 0.647.